The maximum absolute atomic E-state index is 10.9. The van der Waals surface area contributed by atoms with Crippen molar-refractivity contribution in [3.63, 3.8) is 0 Å². The summed E-state index contributed by atoms with van der Waals surface area (Å²) in [5, 5.41) is 25.3. The molecule has 7 nitrogen and oxygen atoms in total. The Balaban J connectivity index is 1.73. The van der Waals surface area contributed by atoms with Crippen LogP contribution in [0.3, 0.4) is 0 Å². The van der Waals surface area contributed by atoms with Crippen molar-refractivity contribution >= 4 is 39.5 Å². The molecule has 1 atom stereocenters. The van der Waals surface area contributed by atoms with Gasteiger partial charge in [-0.1, -0.05) is 40.6 Å². The third kappa shape index (κ3) is 3.72. The van der Waals surface area contributed by atoms with Crippen LogP contribution in [0.15, 0.2) is 18.2 Å². The van der Waals surface area contributed by atoms with E-state index in [0.29, 0.717) is 27.4 Å². The van der Waals surface area contributed by atoms with Crippen LogP contribution in [-0.2, 0) is 0 Å². The summed E-state index contributed by atoms with van der Waals surface area (Å²) in [6.45, 7) is 5.93. The fourth-order valence-electron chi connectivity index (χ4n) is 3.62. The maximum Gasteiger partial charge on any atom is 0.230 e. The Kier molecular flexibility index (Phi) is 5.78. The van der Waals surface area contributed by atoms with E-state index in [1.54, 1.807) is 13.0 Å². The molecule has 0 amide bonds. The topological polar surface area (TPSA) is 77.1 Å². The Morgan fingerprint density at radius 1 is 1.18 bits per heavy atom. The highest BCUT2D eigenvalue weighted by Gasteiger charge is 2.31. The highest BCUT2D eigenvalue weighted by atomic mass is 35.5. The van der Waals surface area contributed by atoms with E-state index < -0.39 is 0 Å². The first-order chi connectivity index (χ1) is 13.5. The summed E-state index contributed by atoms with van der Waals surface area (Å²) >= 11 is 13.8. The van der Waals surface area contributed by atoms with Crippen LogP contribution in [0.1, 0.15) is 22.3 Å². The van der Waals surface area contributed by atoms with Gasteiger partial charge in [0.2, 0.25) is 10.8 Å². The van der Waals surface area contributed by atoms with E-state index in [-0.39, 0.29) is 18.5 Å². The predicted molar refractivity (Wildman–Crippen MR) is 111 cm³/mol. The van der Waals surface area contributed by atoms with Crippen LogP contribution in [0.2, 0.25) is 10.0 Å². The van der Waals surface area contributed by atoms with Crippen LogP contribution in [0.4, 0.5) is 0 Å². The van der Waals surface area contributed by atoms with Crippen LogP contribution in [-0.4, -0.2) is 73.9 Å². The fraction of sp³-hybridized carbons (Fsp3) is 0.444. The first-order valence-electron chi connectivity index (χ1n) is 9.05. The minimum absolute atomic E-state index is 0.106. The largest absolute Gasteiger partial charge is 0.492 e. The Hall–Kier alpha value is -1.42. The fourth-order valence-corrected chi connectivity index (χ4v) is 5.09. The average Bonchev–Trinajstić information content (AvgIpc) is 3.18. The molecule has 1 unspecified atom stereocenters. The Morgan fingerprint density at radius 3 is 2.57 bits per heavy atom. The molecule has 1 aromatic carbocycles. The molecule has 0 radical (unpaired) electrons. The number of hydrogen-bond acceptors (Lipinski definition) is 7. The van der Waals surface area contributed by atoms with Gasteiger partial charge in [-0.25, -0.2) is 4.98 Å². The number of halogens is 2. The number of fused-ring (bicyclic) bond motifs is 1. The first-order valence-corrected chi connectivity index (χ1v) is 10.6. The minimum Gasteiger partial charge on any atom is -0.492 e. The van der Waals surface area contributed by atoms with Crippen molar-refractivity contribution in [3.8, 4) is 5.88 Å². The van der Waals surface area contributed by atoms with Crippen LogP contribution >= 0.6 is 34.5 Å². The number of piperazine rings is 1. The van der Waals surface area contributed by atoms with E-state index in [1.807, 2.05) is 12.1 Å². The minimum atomic E-state index is -0.181. The zero-order valence-corrected chi connectivity index (χ0v) is 17.7. The highest BCUT2D eigenvalue weighted by molar-refractivity contribution is 7.17. The summed E-state index contributed by atoms with van der Waals surface area (Å²) in [5.74, 6) is 0.728. The molecule has 10 heteroatoms. The smallest absolute Gasteiger partial charge is 0.230 e. The van der Waals surface area contributed by atoms with Gasteiger partial charge >= 0.3 is 0 Å². The molecule has 3 heterocycles. The number of aryl methyl sites for hydroxylation is 1. The summed E-state index contributed by atoms with van der Waals surface area (Å²) in [5.41, 5.74) is 0.960. The summed E-state index contributed by atoms with van der Waals surface area (Å²) in [6.07, 6.45) is 0. The van der Waals surface area contributed by atoms with Crippen molar-refractivity contribution in [1.29, 1.82) is 0 Å². The van der Waals surface area contributed by atoms with E-state index in [0.717, 1.165) is 36.6 Å². The third-order valence-electron chi connectivity index (χ3n) is 5.00. The molecule has 1 saturated heterocycles. The van der Waals surface area contributed by atoms with E-state index in [9.17, 15) is 10.2 Å². The van der Waals surface area contributed by atoms with Gasteiger partial charge in [0.1, 0.15) is 5.82 Å². The quantitative estimate of drug-likeness (QED) is 0.633. The van der Waals surface area contributed by atoms with Crippen LogP contribution < -0.4 is 0 Å². The van der Waals surface area contributed by atoms with E-state index in [1.165, 1.54) is 15.9 Å². The monoisotopic (exact) mass is 441 g/mol. The van der Waals surface area contributed by atoms with Crippen molar-refractivity contribution in [2.75, 3.05) is 39.3 Å². The average molecular weight is 442 g/mol. The van der Waals surface area contributed by atoms with Crippen molar-refractivity contribution in [1.82, 2.24) is 24.4 Å². The zero-order valence-electron chi connectivity index (χ0n) is 15.3. The predicted octanol–water partition coefficient (Wildman–Crippen LogP) is 2.81. The molecule has 2 aromatic heterocycles. The summed E-state index contributed by atoms with van der Waals surface area (Å²) in [7, 11) is 0. The summed E-state index contributed by atoms with van der Waals surface area (Å²) < 4.78 is 1.49. The molecule has 1 aliphatic rings. The lowest BCUT2D eigenvalue weighted by atomic mass is 10.0. The molecule has 0 spiro atoms. The Morgan fingerprint density at radius 2 is 1.93 bits per heavy atom. The molecule has 1 aliphatic heterocycles. The zero-order chi connectivity index (χ0) is 19.8. The second-order valence-corrected chi connectivity index (χ2v) is 8.64. The van der Waals surface area contributed by atoms with Crippen LogP contribution in [0.25, 0.3) is 4.96 Å². The van der Waals surface area contributed by atoms with E-state index in [2.05, 4.69) is 19.9 Å². The van der Waals surface area contributed by atoms with Crippen molar-refractivity contribution in [2.45, 2.75) is 13.0 Å². The number of aliphatic hydroxyl groups is 1. The SMILES string of the molecule is Cc1nc2sc(C(c3ccc(Cl)c(Cl)c3)N3CCN(CCO)CC3)c(O)n2n1. The Labute approximate surface area is 176 Å². The molecule has 0 saturated carbocycles. The van der Waals surface area contributed by atoms with E-state index >= 15 is 0 Å². The van der Waals surface area contributed by atoms with E-state index in [4.69, 9.17) is 23.2 Å². The Bertz CT molecular complexity index is 984. The van der Waals surface area contributed by atoms with Gasteiger partial charge in [-0.2, -0.15) is 4.52 Å². The van der Waals surface area contributed by atoms with Gasteiger partial charge in [0.15, 0.2) is 0 Å². The number of rotatable bonds is 5. The number of aromatic nitrogens is 3. The molecule has 3 aromatic rings. The van der Waals surface area contributed by atoms with Gasteiger partial charge in [-0.05, 0) is 24.6 Å². The molecule has 28 heavy (non-hydrogen) atoms. The van der Waals surface area contributed by atoms with Gasteiger partial charge in [0, 0.05) is 32.7 Å². The first kappa shape index (κ1) is 19.9. The van der Waals surface area contributed by atoms with Gasteiger partial charge in [-0.3, -0.25) is 9.80 Å². The van der Waals surface area contributed by atoms with Gasteiger partial charge in [-0.15, -0.1) is 5.10 Å². The van der Waals surface area contributed by atoms with Crippen molar-refractivity contribution in [3.05, 3.63) is 44.5 Å². The standard InChI is InChI=1S/C18H21Cl2N5O2S/c1-11-21-18-25(22-11)17(27)16(28-18)15(12-2-3-13(19)14(20)10-12)24-6-4-23(5-7-24)8-9-26/h2-3,10,15,26-27H,4-9H2,1H3. The number of nitrogens with zero attached hydrogens (tertiary/aromatic N) is 5. The third-order valence-corrected chi connectivity index (χ3v) is 6.81. The summed E-state index contributed by atoms with van der Waals surface area (Å²) in [6, 6.07) is 5.40. The lowest BCUT2D eigenvalue weighted by molar-refractivity contribution is 0.0945. The number of thiazole rings is 1. The second-order valence-electron chi connectivity index (χ2n) is 6.82. The molecule has 150 valence electrons. The number of aromatic hydroxyl groups is 1. The number of β-amino-alcohol motifs (C(OH)–C–C–N with tert-alkyl or cyclic N) is 1. The normalized spacial score (nSPS) is 17.4. The molecular weight excluding hydrogens is 421 g/mol. The van der Waals surface area contributed by atoms with Gasteiger partial charge < -0.3 is 10.2 Å². The van der Waals surface area contributed by atoms with Gasteiger partial charge in [0.25, 0.3) is 0 Å². The maximum atomic E-state index is 10.9. The number of benzene rings is 1. The molecule has 0 aliphatic carbocycles. The number of hydrogen-bond donors (Lipinski definition) is 2. The van der Waals surface area contributed by atoms with Crippen LogP contribution in [0.5, 0.6) is 5.88 Å². The van der Waals surface area contributed by atoms with Crippen LogP contribution in [0, 0.1) is 6.92 Å². The van der Waals surface area contributed by atoms with Gasteiger partial charge in [0.05, 0.1) is 27.6 Å². The molecule has 2 N–H and O–H groups in total. The summed E-state index contributed by atoms with van der Waals surface area (Å²) in [4.78, 5) is 10.4. The lowest BCUT2D eigenvalue weighted by Gasteiger charge is -2.39. The highest BCUT2D eigenvalue weighted by Crippen LogP contribution is 2.41. The van der Waals surface area contributed by atoms with Crippen molar-refractivity contribution in [2.24, 2.45) is 0 Å². The number of aliphatic hydroxyl groups excluding tert-OH is 1. The lowest BCUT2D eigenvalue weighted by Crippen LogP contribution is -2.48. The molecule has 1 fully saturated rings. The second kappa shape index (κ2) is 8.14. The van der Waals surface area contributed by atoms with Crippen molar-refractivity contribution < 1.29 is 10.2 Å². The molecular formula is C18H21Cl2N5O2S. The molecule has 0 bridgehead atoms. The molecule has 4 rings (SSSR count).